The minimum Gasteiger partial charge on any atom is -0.444 e. The molecule has 0 spiro atoms. The molecule has 3 atom stereocenters. The fraction of sp³-hybridized carbons (Fsp3) is 0.357. The van der Waals surface area contributed by atoms with Gasteiger partial charge >= 0.3 is 6.09 Å². The number of amides is 1. The molecule has 3 rings (SSSR count). The van der Waals surface area contributed by atoms with Crippen molar-refractivity contribution in [2.75, 3.05) is 0 Å². The molecule has 180 valence electrons. The lowest BCUT2D eigenvalue weighted by Gasteiger charge is -2.28. The fourth-order valence-corrected chi connectivity index (χ4v) is 3.84. The molecule has 0 aliphatic heterocycles. The normalized spacial score (nSPS) is 14.1. The van der Waals surface area contributed by atoms with Crippen molar-refractivity contribution in [3.05, 3.63) is 90.3 Å². The summed E-state index contributed by atoms with van der Waals surface area (Å²) < 4.78 is 5.41. The van der Waals surface area contributed by atoms with Gasteiger partial charge in [-0.3, -0.25) is 4.98 Å². The predicted octanol–water partition coefficient (Wildman–Crippen LogP) is 4.51. The predicted molar refractivity (Wildman–Crippen MR) is 135 cm³/mol. The number of aromatic nitrogens is 1. The summed E-state index contributed by atoms with van der Waals surface area (Å²) in [5, 5.41) is 13.8. The third-order valence-corrected chi connectivity index (χ3v) is 5.46. The van der Waals surface area contributed by atoms with E-state index in [1.807, 2.05) is 69.4 Å². The number of carbonyl (C=O) groups is 1. The summed E-state index contributed by atoms with van der Waals surface area (Å²) in [6.45, 7) is 5.43. The average molecular weight is 462 g/mol. The first-order valence-electron chi connectivity index (χ1n) is 11.7. The van der Waals surface area contributed by atoms with Crippen LogP contribution in [-0.2, 0) is 17.6 Å². The number of alkyl carbamates (subject to hydrolysis) is 1. The molecule has 4 N–H and O–H groups in total. The second-order valence-electron chi connectivity index (χ2n) is 9.65. The molecule has 1 amide bonds. The van der Waals surface area contributed by atoms with Gasteiger partial charge in [-0.25, -0.2) is 4.79 Å². The molecule has 0 unspecified atom stereocenters. The maximum Gasteiger partial charge on any atom is 0.407 e. The van der Waals surface area contributed by atoms with Crippen LogP contribution >= 0.6 is 0 Å². The summed E-state index contributed by atoms with van der Waals surface area (Å²) >= 11 is 0. The van der Waals surface area contributed by atoms with Crippen molar-refractivity contribution in [2.45, 2.75) is 63.8 Å². The summed E-state index contributed by atoms with van der Waals surface area (Å²) in [4.78, 5) is 16.6. The summed E-state index contributed by atoms with van der Waals surface area (Å²) in [5.74, 6) is 0. The molecule has 0 fully saturated rings. The largest absolute Gasteiger partial charge is 0.444 e. The number of pyridine rings is 1. The summed E-state index contributed by atoms with van der Waals surface area (Å²) in [6.07, 6.45) is 3.66. The highest BCUT2D eigenvalue weighted by molar-refractivity contribution is 5.68. The standard InChI is InChI=1S/C28H35N3O3/c1-28(2,3)34-27(33)31-25(17-20-8-5-4-6-9-20)26(32)18-24(29)16-21-11-13-22(14-12-21)23-10-7-15-30-19-23/h4-15,19,24-26,32H,16-18,29H2,1-3H3,(H,31,33)/t24-,25-,26-/m0/s1. The molecular formula is C28H35N3O3. The Morgan fingerprint density at radius 3 is 2.26 bits per heavy atom. The van der Waals surface area contributed by atoms with E-state index in [2.05, 4.69) is 34.6 Å². The molecule has 6 nitrogen and oxygen atoms in total. The first-order chi connectivity index (χ1) is 16.2. The van der Waals surface area contributed by atoms with Gasteiger partial charge in [0.05, 0.1) is 12.1 Å². The van der Waals surface area contributed by atoms with Crippen LogP contribution in [0.2, 0.25) is 0 Å². The van der Waals surface area contributed by atoms with Crippen molar-refractivity contribution in [2.24, 2.45) is 5.73 Å². The van der Waals surface area contributed by atoms with Gasteiger partial charge in [-0.15, -0.1) is 0 Å². The SMILES string of the molecule is CC(C)(C)OC(=O)N[C@@H](Cc1ccccc1)[C@@H](O)C[C@@H](N)Cc1ccc(-c2cccnc2)cc1. The second-order valence-corrected chi connectivity index (χ2v) is 9.65. The topological polar surface area (TPSA) is 97.5 Å². The van der Waals surface area contributed by atoms with Crippen LogP contribution in [0.3, 0.4) is 0 Å². The van der Waals surface area contributed by atoms with E-state index in [9.17, 15) is 9.90 Å². The number of hydrogen-bond acceptors (Lipinski definition) is 5. The van der Waals surface area contributed by atoms with Gasteiger partial charge in [0.1, 0.15) is 5.60 Å². The number of aliphatic hydroxyl groups excluding tert-OH is 1. The minimum atomic E-state index is -0.822. The van der Waals surface area contributed by atoms with Gasteiger partial charge in [0.2, 0.25) is 0 Å². The number of ether oxygens (including phenoxy) is 1. The van der Waals surface area contributed by atoms with Gasteiger partial charge in [-0.2, -0.15) is 0 Å². The lowest BCUT2D eigenvalue weighted by atomic mass is 9.94. The van der Waals surface area contributed by atoms with Crippen LogP contribution in [0.5, 0.6) is 0 Å². The van der Waals surface area contributed by atoms with Gasteiger partial charge in [0.15, 0.2) is 0 Å². The van der Waals surface area contributed by atoms with Crippen molar-refractivity contribution >= 4 is 6.09 Å². The van der Waals surface area contributed by atoms with Crippen molar-refractivity contribution in [3.63, 3.8) is 0 Å². The smallest absolute Gasteiger partial charge is 0.407 e. The molecule has 1 heterocycles. The number of aliphatic hydroxyl groups is 1. The minimum absolute atomic E-state index is 0.266. The number of nitrogens with zero attached hydrogens (tertiary/aromatic N) is 1. The Bertz CT molecular complexity index is 1020. The highest BCUT2D eigenvalue weighted by Gasteiger charge is 2.26. The Morgan fingerprint density at radius 2 is 1.65 bits per heavy atom. The van der Waals surface area contributed by atoms with E-state index in [1.54, 1.807) is 6.20 Å². The Hall–Kier alpha value is -3.22. The number of carbonyl (C=O) groups excluding carboxylic acids is 1. The van der Waals surface area contributed by atoms with E-state index in [0.29, 0.717) is 19.3 Å². The van der Waals surface area contributed by atoms with Crippen molar-refractivity contribution < 1.29 is 14.6 Å². The van der Waals surface area contributed by atoms with Gasteiger partial charge in [0.25, 0.3) is 0 Å². The van der Waals surface area contributed by atoms with Gasteiger partial charge in [0, 0.05) is 18.4 Å². The molecule has 1 aromatic heterocycles. The molecule has 0 aliphatic rings. The van der Waals surface area contributed by atoms with Crippen LogP contribution in [0, 0.1) is 0 Å². The highest BCUT2D eigenvalue weighted by Crippen LogP contribution is 2.20. The second kappa shape index (κ2) is 11.8. The molecule has 0 saturated heterocycles. The molecule has 2 aromatic carbocycles. The lowest BCUT2D eigenvalue weighted by Crippen LogP contribution is -2.48. The summed E-state index contributed by atoms with van der Waals surface area (Å²) in [5.41, 5.74) is 10.0. The maximum atomic E-state index is 12.4. The number of rotatable bonds is 9. The average Bonchev–Trinajstić information content (AvgIpc) is 2.79. The van der Waals surface area contributed by atoms with Crippen LogP contribution < -0.4 is 11.1 Å². The summed E-state index contributed by atoms with van der Waals surface area (Å²) in [6, 6.07) is 21.1. The van der Waals surface area contributed by atoms with E-state index >= 15 is 0 Å². The molecule has 0 bridgehead atoms. The molecular weight excluding hydrogens is 426 g/mol. The van der Waals surface area contributed by atoms with E-state index in [-0.39, 0.29) is 6.04 Å². The highest BCUT2D eigenvalue weighted by atomic mass is 16.6. The first-order valence-corrected chi connectivity index (χ1v) is 11.7. The molecule has 34 heavy (non-hydrogen) atoms. The monoisotopic (exact) mass is 461 g/mol. The molecule has 0 aliphatic carbocycles. The Morgan fingerprint density at radius 1 is 0.971 bits per heavy atom. The van der Waals surface area contributed by atoms with E-state index in [4.69, 9.17) is 10.5 Å². The molecule has 6 heteroatoms. The molecule has 3 aromatic rings. The third-order valence-electron chi connectivity index (χ3n) is 5.46. The Kier molecular flexibility index (Phi) is 8.79. The van der Waals surface area contributed by atoms with Gasteiger partial charge in [-0.05, 0) is 68.4 Å². The quantitative estimate of drug-likeness (QED) is 0.436. The van der Waals surface area contributed by atoms with Crippen molar-refractivity contribution in [1.82, 2.24) is 10.3 Å². The van der Waals surface area contributed by atoms with Gasteiger partial charge < -0.3 is 20.9 Å². The molecule has 0 radical (unpaired) electrons. The van der Waals surface area contributed by atoms with E-state index in [0.717, 1.165) is 22.3 Å². The number of hydrogen-bond donors (Lipinski definition) is 3. The fourth-order valence-electron chi connectivity index (χ4n) is 3.84. The van der Waals surface area contributed by atoms with Crippen LogP contribution in [-0.4, -0.2) is 40.0 Å². The van der Waals surface area contributed by atoms with Crippen LogP contribution in [0.4, 0.5) is 4.79 Å². The van der Waals surface area contributed by atoms with Crippen molar-refractivity contribution in [3.8, 4) is 11.1 Å². The maximum absolute atomic E-state index is 12.4. The third kappa shape index (κ3) is 8.28. The Balaban J connectivity index is 1.62. The van der Waals surface area contributed by atoms with E-state index in [1.165, 1.54) is 0 Å². The lowest BCUT2D eigenvalue weighted by molar-refractivity contribution is 0.0405. The number of nitrogens with two attached hydrogens (primary N) is 1. The number of benzene rings is 2. The zero-order chi connectivity index (χ0) is 24.6. The first kappa shape index (κ1) is 25.4. The zero-order valence-corrected chi connectivity index (χ0v) is 20.1. The summed E-state index contributed by atoms with van der Waals surface area (Å²) in [7, 11) is 0. The van der Waals surface area contributed by atoms with Crippen LogP contribution in [0.15, 0.2) is 79.1 Å². The van der Waals surface area contributed by atoms with Crippen molar-refractivity contribution in [1.29, 1.82) is 0 Å². The zero-order valence-electron chi connectivity index (χ0n) is 20.1. The van der Waals surface area contributed by atoms with Gasteiger partial charge in [-0.1, -0.05) is 60.7 Å². The molecule has 0 saturated carbocycles. The Labute approximate surface area is 202 Å². The van der Waals surface area contributed by atoms with Crippen LogP contribution in [0.1, 0.15) is 38.3 Å². The number of nitrogens with one attached hydrogen (secondary N) is 1. The van der Waals surface area contributed by atoms with Crippen LogP contribution in [0.25, 0.3) is 11.1 Å². The van der Waals surface area contributed by atoms with E-state index < -0.39 is 23.8 Å².